The van der Waals surface area contributed by atoms with Gasteiger partial charge in [-0.2, -0.15) is 5.26 Å². The molecule has 0 unspecified atom stereocenters. The van der Waals surface area contributed by atoms with Crippen molar-refractivity contribution in [3.63, 3.8) is 0 Å². The zero-order chi connectivity index (χ0) is 16.1. The molecule has 2 heterocycles. The van der Waals surface area contributed by atoms with Crippen molar-refractivity contribution in [2.24, 2.45) is 5.73 Å². The van der Waals surface area contributed by atoms with Crippen LogP contribution in [0.25, 0.3) is 0 Å². The highest BCUT2D eigenvalue weighted by Gasteiger charge is 2.27. The molecule has 8 heteroatoms. The number of nitriles is 1. The number of carbonyl (C=O) groups is 2. The molecule has 0 aliphatic carbocycles. The molecule has 0 bridgehead atoms. The van der Waals surface area contributed by atoms with Crippen LogP contribution in [0.15, 0.2) is 18.3 Å². The molecular weight excluding hydrogens is 286 g/mol. The van der Waals surface area contributed by atoms with Gasteiger partial charge in [-0.15, -0.1) is 0 Å². The van der Waals surface area contributed by atoms with Crippen LogP contribution in [0.2, 0.25) is 0 Å². The highest BCUT2D eigenvalue weighted by molar-refractivity contribution is 5.83. The predicted molar refractivity (Wildman–Crippen MR) is 77.9 cm³/mol. The Morgan fingerprint density at radius 2 is 2.05 bits per heavy atom. The number of aromatic nitrogens is 1. The Labute approximate surface area is 128 Å². The molecule has 0 saturated carbocycles. The molecule has 8 nitrogen and oxygen atoms in total. The standard InChI is InChI=1S/C14H17N5O3/c1-10(22-14(16)21)13(20)19-6-4-18(5-7-19)12-3-2-11(8-15)9-17-12/h2-3,9-10H,4-7H2,1H3,(H2,16,21)/t10-/m0/s1. The normalized spacial score (nSPS) is 15.8. The van der Waals surface area contributed by atoms with E-state index in [0.717, 1.165) is 5.82 Å². The lowest BCUT2D eigenvalue weighted by Gasteiger charge is -2.36. The third-order valence-electron chi connectivity index (χ3n) is 3.43. The molecule has 0 spiro atoms. The minimum atomic E-state index is -0.957. The van der Waals surface area contributed by atoms with Crippen molar-refractivity contribution in [3.05, 3.63) is 23.9 Å². The van der Waals surface area contributed by atoms with Gasteiger partial charge in [-0.1, -0.05) is 0 Å². The van der Waals surface area contributed by atoms with Crippen molar-refractivity contribution in [3.8, 4) is 6.07 Å². The van der Waals surface area contributed by atoms with E-state index >= 15 is 0 Å². The number of nitrogens with two attached hydrogens (primary N) is 1. The predicted octanol–water partition coefficient (Wildman–Crippen LogP) is 0.0857. The van der Waals surface area contributed by atoms with Crippen LogP contribution < -0.4 is 10.6 Å². The van der Waals surface area contributed by atoms with Crippen molar-refractivity contribution in [1.29, 1.82) is 5.26 Å². The monoisotopic (exact) mass is 303 g/mol. The number of pyridine rings is 1. The van der Waals surface area contributed by atoms with Crippen LogP contribution in [-0.4, -0.2) is 54.2 Å². The maximum Gasteiger partial charge on any atom is 0.405 e. The Hall–Kier alpha value is -2.82. The van der Waals surface area contributed by atoms with Crippen LogP contribution in [0, 0.1) is 11.3 Å². The molecule has 1 aromatic rings. The number of ether oxygens (including phenoxy) is 1. The Bertz CT molecular complexity index is 587. The molecule has 0 aromatic carbocycles. The zero-order valence-corrected chi connectivity index (χ0v) is 12.2. The SMILES string of the molecule is C[C@H](OC(N)=O)C(=O)N1CCN(c2ccc(C#N)cn2)CC1. The molecule has 2 N–H and O–H groups in total. The topological polar surface area (TPSA) is 113 Å². The fraction of sp³-hybridized carbons (Fsp3) is 0.429. The minimum absolute atomic E-state index is 0.258. The van der Waals surface area contributed by atoms with E-state index < -0.39 is 12.2 Å². The Morgan fingerprint density at radius 1 is 1.36 bits per heavy atom. The summed E-state index contributed by atoms with van der Waals surface area (Å²) in [5.41, 5.74) is 5.42. The first-order valence-corrected chi connectivity index (χ1v) is 6.87. The van der Waals surface area contributed by atoms with Crippen LogP contribution in [0.5, 0.6) is 0 Å². The smallest absolute Gasteiger partial charge is 0.405 e. The van der Waals surface area contributed by atoms with E-state index in [9.17, 15) is 9.59 Å². The second kappa shape index (κ2) is 6.76. The van der Waals surface area contributed by atoms with Gasteiger partial charge in [0.05, 0.1) is 5.56 Å². The summed E-state index contributed by atoms with van der Waals surface area (Å²) < 4.78 is 4.69. The number of hydrogen-bond donors (Lipinski definition) is 1. The molecule has 1 aliphatic heterocycles. The summed E-state index contributed by atoms with van der Waals surface area (Å²) in [4.78, 5) is 30.7. The summed E-state index contributed by atoms with van der Waals surface area (Å²) in [7, 11) is 0. The average molecular weight is 303 g/mol. The van der Waals surface area contributed by atoms with Crippen molar-refractivity contribution in [1.82, 2.24) is 9.88 Å². The van der Waals surface area contributed by atoms with E-state index in [0.29, 0.717) is 31.7 Å². The van der Waals surface area contributed by atoms with Crippen LogP contribution in [0.4, 0.5) is 10.6 Å². The number of primary amides is 1. The van der Waals surface area contributed by atoms with Gasteiger partial charge >= 0.3 is 6.09 Å². The Kier molecular flexibility index (Phi) is 4.78. The summed E-state index contributed by atoms with van der Waals surface area (Å²) in [5.74, 6) is 0.513. The molecule has 2 amide bonds. The van der Waals surface area contributed by atoms with Crippen molar-refractivity contribution in [2.75, 3.05) is 31.1 Å². The maximum atomic E-state index is 12.1. The number of amides is 2. The van der Waals surface area contributed by atoms with Gasteiger partial charge in [-0.25, -0.2) is 9.78 Å². The van der Waals surface area contributed by atoms with Gasteiger partial charge in [0, 0.05) is 32.4 Å². The lowest BCUT2D eigenvalue weighted by Crippen LogP contribution is -2.52. The molecule has 1 aliphatic rings. The number of rotatable bonds is 3. The Balaban J connectivity index is 1.91. The van der Waals surface area contributed by atoms with Gasteiger partial charge in [0.25, 0.3) is 5.91 Å². The fourth-order valence-electron chi connectivity index (χ4n) is 2.28. The van der Waals surface area contributed by atoms with Crippen LogP contribution >= 0.6 is 0 Å². The number of hydrogen-bond acceptors (Lipinski definition) is 6. The molecule has 1 aromatic heterocycles. The van der Waals surface area contributed by atoms with E-state index in [1.807, 2.05) is 11.0 Å². The third-order valence-corrected chi connectivity index (χ3v) is 3.43. The molecule has 1 atom stereocenters. The zero-order valence-electron chi connectivity index (χ0n) is 12.2. The largest absolute Gasteiger partial charge is 0.437 e. The molecule has 2 rings (SSSR count). The highest BCUT2D eigenvalue weighted by Crippen LogP contribution is 2.14. The van der Waals surface area contributed by atoms with E-state index in [-0.39, 0.29) is 5.91 Å². The van der Waals surface area contributed by atoms with E-state index in [1.54, 1.807) is 17.0 Å². The highest BCUT2D eigenvalue weighted by atomic mass is 16.6. The summed E-state index contributed by atoms with van der Waals surface area (Å²) >= 11 is 0. The summed E-state index contributed by atoms with van der Waals surface area (Å²) in [6, 6.07) is 5.52. The van der Waals surface area contributed by atoms with Gasteiger partial charge in [0.1, 0.15) is 11.9 Å². The second-order valence-electron chi connectivity index (χ2n) is 4.91. The van der Waals surface area contributed by atoms with Crippen LogP contribution in [0.3, 0.4) is 0 Å². The van der Waals surface area contributed by atoms with Gasteiger partial charge in [0.2, 0.25) is 0 Å². The first-order chi connectivity index (χ1) is 10.5. The summed E-state index contributed by atoms with van der Waals surface area (Å²) in [6.45, 7) is 3.75. The van der Waals surface area contributed by atoms with E-state index in [2.05, 4.69) is 4.98 Å². The lowest BCUT2D eigenvalue weighted by molar-refractivity contribution is -0.139. The molecule has 116 valence electrons. The summed E-state index contributed by atoms with van der Waals surface area (Å²) in [6.07, 6.45) is -0.311. The van der Waals surface area contributed by atoms with E-state index in [1.165, 1.54) is 13.1 Å². The third kappa shape index (κ3) is 3.63. The Morgan fingerprint density at radius 3 is 2.55 bits per heavy atom. The van der Waals surface area contributed by atoms with Crippen molar-refractivity contribution in [2.45, 2.75) is 13.0 Å². The second-order valence-corrected chi connectivity index (χ2v) is 4.91. The van der Waals surface area contributed by atoms with Crippen LogP contribution in [-0.2, 0) is 9.53 Å². The minimum Gasteiger partial charge on any atom is -0.437 e. The average Bonchev–Trinajstić information content (AvgIpc) is 2.54. The number of anilines is 1. The number of carbonyl (C=O) groups excluding carboxylic acids is 2. The lowest BCUT2D eigenvalue weighted by atomic mass is 10.2. The van der Waals surface area contributed by atoms with E-state index in [4.69, 9.17) is 15.7 Å². The number of nitrogens with zero attached hydrogens (tertiary/aromatic N) is 4. The number of piperazine rings is 1. The fourth-order valence-corrected chi connectivity index (χ4v) is 2.28. The van der Waals surface area contributed by atoms with Gasteiger partial charge in [-0.3, -0.25) is 4.79 Å². The van der Waals surface area contributed by atoms with Crippen molar-refractivity contribution >= 4 is 17.8 Å². The molecule has 1 saturated heterocycles. The van der Waals surface area contributed by atoms with Gasteiger partial charge < -0.3 is 20.3 Å². The molecular formula is C14H17N5O3. The first kappa shape index (κ1) is 15.6. The maximum absolute atomic E-state index is 12.1. The quantitative estimate of drug-likeness (QED) is 0.846. The van der Waals surface area contributed by atoms with Crippen LogP contribution in [0.1, 0.15) is 12.5 Å². The van der Waals surface area contributed by atoms with Gasteiger partial charge in [-0.05, 0) is 19.1 Å². The molecule has 22 heavy (non-hydrogen) atoms. The first-order valence-electron chi connectivity index (χ1n) is 6.87. The van der Waals surface area contributed by atoms with Crippen molar-refractivity contribution < 1.29 is 14.3 Å². The molecule has 0 radical (unpaired) electrons. The van der Waals surface area contributed by atoms with Gasteiger partial charge in [0.15, 0.2) is 6.10 Å². The molecule has 1 fully saturated rings. The summed E-state index contributed by atoms with van der Waals surface area (Å²) in [5, 5.41) is 8.76.